The van der Waals surface area contributed by atoms with E-state index in [0.717, 1.165) is 13.2 Å². The molecule has 0 fully saturated rings. The largest absolute Gasteiger partial charge is 0.480 e. The lowest BCUT2D eigenvalue weighted by atomic mass is 10.2. The van der Waals surface area contributed by atoms with Crippen molar-refractivity contribution in [2.24, 2.45) is 0 Å². The Labute approximate surface area is 126 Å². The average Bonchev–Trinajstić information content (AvgIpc) is 2.45. The Morgan fingerprint density at radius 2 is 2.05 bits per heavy atom. The number of benzene rings is 1. The molecule has 1 atom stereocenters. The highest BCUT2D eigenvalue weighted by atomic mass is 35.5. The topological polar surface area (TPSA) is 92.7 Å². The predicted octanol–water partition coefficient (Wildman–Crippen LogP) is 1.49. The van der Waals surface area contributed by atoms with Crippen molar-refractivity contribution in [2.45, 2.75) is 12.5 Å². The number of esters is 1. The summed E-state index contributed by atoms with van der Waals surface area (Å²) in [4.78, 5) is 33.7. The van der Waals surface area contributed by atoms with Crippen molar-refractivity contribution in [3.8, 4) is 0 Å². The highest BCUT2D eigenvalue weighted by molar-refractivity contribution is 6.32. The fraction of sp³-hybridized carbons (Fsp3) is 0.214. The maximum Gasteiger partial charge on any atom is 0.326 e. The van der Waals surface area contributed by atoms with Crippen molar-refractivity contribution < 1.29 is 24.2 Å². The van der Waals surface area contributed by atoms with Gasteiger partial charge in [0.2, 0.25) is 5.91 Å². The van der Waals surface area contributed by atoms with Gasteiger partial charge < -0.3 is 15.2 Å². The van der Waals surface area contributed by atoms with E-state index in [1.807, 2.05) is 0 Å². The van der Waals surface area contributed by atoms with Gasteiger partial charge >= 0.3 is 11.9 Å². The van der Waals surface area contributed by atoms with Crippen LogP contribution in [0.4, 0.5) is 0 Å². The Balaban J connectivity index is 2.68. The molecule has 112 valence electrons. The Morgan fingerprint density at radius 1 is 1.38 bits per heavy atom. The minimum atomic E-state index is -1.35. The van der Waals surface area contributed by atoms with Crippen LogP contribution in [0, 0.1) is 0 Å². The molecule has 1 amide bonds. The van der Waals surface area contributed by atoms with Crippen molar-refractivity contribution in [1.29, 1.82) is 0 Å². The molecular formula is C14H14ClNO5. The van der Waals surface area contributed by atoms with Gasteiger partial charge in [0.15, 0.2) is 0 Å². The number of methoxy groups -OCH3 is 1. The zero-order valence-electron chi connectivity index (χ0n) is 11.2. The van der Waals surface area contributed by atoms with Gasteiger partial charge in [0.05, 0.1) is 13.5 Å². The minimum Gasteiger partial charge on any atom is -0.480 e. The number of aliphatic carboxylic acids is 1. The number of amides is 1. The van der Waals surface area contributed by atoms with Gasteiger partial charge in [-0.2, -0.15) is 0 Å². The molecule has 0 aliphatic rings. The molecule has 21 heavy (non-hydrogen) atoms. The van der Waals surface area contributed by atoms with Crippen molar-refractivity contribution in [3.05, 3.63) is 40.9 Å². The minimum absolute atomic E-state index is 0.447. The Hall–Kier alpha value is -2.34. The molecule has 0 spiro atoms. The van der Waals surface area contributed by atoms with Gasteiger partial charge in [0, 0.05) is 11.1 Å². The normalized spacial score (nSPS) is 11.9. The molecular weight excluding hydrogens is 298 g/mol. The van der Waals surface area contributed by atoms with Crippen molar-refractivity contribution in [2.75, 3.05) is 7.11 Å². The molecule has 0 saturated carbocycles. The maximum atomic E-state index is 11.7. The highest BCUT2D eigenvalue weighted by Crippen LogP contribution is 2.16. The van der Waals surface area contributed by atoms with E-state index in [1.165, 1.54) is 6.08 Å². The van der Waals surface area contributed by atoms with Gasteiger partial charge in [-0.15, -0.1) is 0 Å². The first-order chi connectivity index (χ1) is 9.93. The number of rotatable bonds is 6. The summed E-state index contributed by atoms with van der Waals surface area (Å²) < 4.78 is 4.37. The molecule has 0 aliphatic carbocycles. The highest BCUT2D eigenvalue weighted by Gasteiger charge is 2.22. The maximum absolute atomic E-state index is 11.7. The third-order valence-corrected chi connectivity index (χ3v) is 2.88. The molecule has 1 aromatic rings. The summed E-state index contributed by atoms with van der Waals surface area (Å²) in [7, 11) is 1.14. The first-order valence-corrected chi connectivity index (χ1v) is 6.34. The van der Waals surface area contributed by atoms with Crippen LogP contribution in [-0.2, 0) is 19.1 Å². The predicted molar refractivity (Wildman–Crippen MR) is 76.7 cm³/mol. The third-order valence-electron chi connectivity index (χ3n) is 2.53. The molecule has 1 rings (SSSR count). The smallest absolute Gasteiger partial charge is 0.326 e. The second-order valence-corrected chi connectivity index (χ2v) is 4.44. The summed E-state index contributed by atoms with van der Waals surface area (Å²) in [5.74, 6) is -2.69. The zero-order valence-corrected chi connectivity index (χ0v) is 12.0. The summed E-state index contributed by atoms with van der Waals surface area (Å²) in [5.41, 5.74) is 0.620. The second-order valence-electron chi connectivity index (χ2n) is 4.03. The van der Waals surface area contributed by atoms with Crippen LogP contribution >= 0.6 is 11.6 Å². The van der Waals surface area contributed by atoms with Crippen LogP contribution in [0.15, 0.2) is 30.3 Å². The molecule has 0 bridgehead atoms. The Bertz CT molecular complexity index is 570. The fourth-order valence-corrected chi connectivity index (χ4v) is 1.64. The summed E-state index contributed by atoms with van der Waals surface area (Å²) in [6.07, 6.45) is 2.15. The van der Waals surface area contributed by atoms with Gasteiger partial charge in [-0.3, -0.25) is 9.59 Å². The average molecular weight is 312 g/mol. The third kappa shape index (κ3) is 5.66. The van der Waals surface area contributed by atoms with Crippen LogP contribution in [0.2, 0.25) is 5.02 Å². The standard InChI is InChI=1S/C14H14ClNO5/c1-21-13(18)8-11(14(19)20)16-12(17)7-6-9-4-2-3-5-10(9)15/h2-7,11H,8H2,1H3,(H,16,17)(H,19,20)/t11-/m0/s1. The van der Waals surface area contributed by atoms with Crippen LogP contribution in [0.3, 0.4) is 0 Å². The lowest BCUT2D eigenvalue weighted by Gasteiger charge is -2.11. The summed E-state index contributed by atoms with van der Waals surface area (Å²) >= 11 is 5.91. The van der Waals surface area contributed by atoms with Crippen LogP contribution < -0.4 is 5.32 Å². The van der Waals surface area contributed by atoms with E-state index in [1.54, 1.807) is 24.3 Å². The number of hydrogen-bond acceptors (Lipinski definition) is 4. The van der Waals surface area contributed by atoms with E-state index < -0.39 is 30.3 Å². The van der Waals surface area contributed by atoms with E-state index in [2.05, 4.69) is 10.1 Å². The molecule has 0 unspecified atom stereocenters. The van der Waals surface area contributed by atoms with Gasteiger partial charge in [0.1, 0.15) is 6.04 Å². The molecule has 0 aliphatic heterocycles. The van der Waals surface area contributed by atoms with Gasteiger partial charge in [-0.1, -0.05) is 29.8 Å². The quantitative estimate of drug-likeness (QED) is 0.613. The van der Waals surface area contributed by atoms with E-state index in [4.69, 9.17) is 16.7 Å². The first-order valence-electron chi connectivity index (χ1n) is 5.96. The van der Waals surface area contributed by atoms with Crippen LogP contribution in [0.1, 0.15) is 12.0 Å². The molecule has 2 N–H and O–H groups in total. The zero-order chi connectivity index (χ0) is 15.8. The van der Waals surface area contributed by atoms with E-state index in [0.29, 0.717) is 10.6 Å². The molecule has 6 nitrogen and oxygen atoms in total. The van der Waals surface area contributed by atoms with Crippen molar-refractivity contribution >= 4 is 35.5 Å². The summed E-state index contributed by atoms with van der Waals surface area (Å²) in [6, 6.07) is 5.52. The number of hydrogen-bond donors (Lipinski definition) is 2. The van der Waals surface area contributed by atoms with E-state index in [-0.39, 0.29) is 0 Å². The molecule has 0 radical (unpaired) electrons. The van der Waals surface area contributed by atoms with E-state index in [9.17, 15) is 14.4 Å². The van der Waals surface area contributed by atoms with Gasteiger partial charge in [-0.25, -0.2) is 4.79 Å². The summed E-state index contributed by atoms with van der Waals surface area (Å²) in [6.45, 7) is 0. The lowest BCUT2D eigenvalue weighted by molar-refractivity contribution is -0.148. The Morgan fingerprint density at radius 3 is 2.62 bits per heavy atom. The number of nitrogens with one attached hydrogen (secondary N) is 1. The number of carbonyl (C=O) groups excluding carboxylic acids is 2. The molecule has 7 heteroatoms. The molecule has 0 heterocycles. The van der Waals surface area contributed by atoms with Crippen LogP contribution in [0.25, 0.3) is 6.08 Å². The fourth-order valence-electron chi connectivity index (χ4n) is 1.45. The molecule has 0 aromatic heterocycles. The Kier molecular flexibility index (Phi) is 6.42. The number of halogens is 1. The molecule has 1 aromatic carbocycles. The number of carbonyl (C=O) groups is 3. The van der Waals surface area contributed by atoms with Crippen LogP contribution in [0.5, 0.6) is 0 Å². The van der Waals surface area contributed by atoms with Crippen molar-refractivity contribution in [1.82, 2.24) is 5.32 Å². The van der Waals surface area contributed by atoms with E-state index >= 15 is 0 Å². The summed E-state index contributed by atoms with van der Waals surface area (Å²) in [5, 5.41) is 11.6. The number of carboxylic acid groups (broad SMARTS) is 1. The van der Waals surface area contributed by atoms with Gasteiger partial charge in [0.25, 0.3) is 0 Å². The van der Waals surface area contributed by atoms with Crippen molar-refractivity contribution in [3.63, 3.8) is 0 Å². The van der Waals surface area contributed by atoms with Gasteiger partial charge in [-0.05, 0) is 17.7 Å². The lowest BCUT2D eigenvalue weighted by Crippen LogP contribution is -2.41. The SMILES string of the molecule is COC(=O)C[C@H](NC(=O)C=Cc1ccccc1Cl)C(=O)O. The molecule has 0 saturated heterocycles. The first kappa shape index (κ1) is 16.7. The number of carboxylic acids is 1. The number of ether oxygens (including phenoxy) is 1. The monoisotopic (exact) mass is 311 g/mol. The van der Waals surface area contributed by atoms with Crippen LogP contribution in [-0.4, -0.2) is 36.1 Å². The second kappa shape index (κ2) is 8.06.